The molecular formula is C29H35ClN6O2. The second-order valence-electron chi connectivity index (χ2n) is 11.3. The van der Waals surface area contributed by atoms with Crippen LogP contribution in [0.5, 0.6) is 0 Å². The van der Waals surface area contributed by atoms with Crippen LogP contribution >= 0.6 is 11.6 Å². The van der Waals surface area contributed by atoms with Gasteiger partial charge in [-0.1, -0.05) is 35.4 Å². The van der Waals surface area contributed by atoms with Crippen molar-refractivity contribution in [2.24, 2.45) is 0 Å². The van der Waals surface area contributed by atoms with Crippen molar-refractivity contribution in [2.75, 3.05) is 13.2 Å². The molecule has 0 unspecified atom stereocenters. The topological polar surface area (TPSA) is 88.9 Å². The molecule has 5 rings (SSSR count). The van der Waals surface area contributed by atoms with E-state index in [9.17, 15) is 4.79 Å². The molecule has 0 aliphatic carbocycles. The van der Waals surface area contributed by atoms with Crippen molar-refractivity contribution < 1.29 is 4.74 Å². The van der Waals surface area contributed by atoms with Crippen LogP contribution in [0.25, 0.3) is 10.9 Å². The quantitative estimate of drug-likeness (QED) is 0.345. The fraction of sp³-hybridized carbons (Fsp3) is 0.448. The Bertz CT molecular complexity index is 1480. The number of nitrogens with one attached hydrogen (secondary N) is 1. The van der Waals surface area contributed by atoms with Crippen molar-refractivity contribution in [3.05, 3.63) is 85.9 Å². The molecule has 38 heavy (non-hydrogen) atoms. The summed E-state index contributed by atoms with van der Waals surface area (Å²) in [7, 11) is 0. The van der Waals surface area contributed by atoms with Gasteiger partial charge >= 0.3 is 0 Å². The second kappa shape index (κ2) is 10.6. The van der Waals surface area contributed by atoms with Crippen LogP contribution in [0.15, 0.2) is 47.3 Å². The summed E-state index contributed by atoms with van der Waals surface area (Å²) in [5.74, 6) is 0.624. The zero-order chi connectivity index (χ0) is 27.0. The van der Waals surface area contributed by atoms with E-state index in [1.807, 2.05) is 41.9 Å². The van der Waals surface area contributed by atoms with E-state index in [0.717, 1.165) is 47.0 Å². The summed E-state index contributed by atoms with van der Waals surface area (Å²) in [5.41, 5.74) is 4.18. The van der Waals surface area contributed by atoms with Crippen LogP contribution in [-0.4, -0.2) is 49.3 Å². The number of H-pyrrole nitrogens is 1. The summed E-state index contributed by atoms with van der Waals surface area (Å²) < 4.78 is 7.89. The Hall–Kier alpha value is -3.07. The molecule has 8 nitrogen and oxygen atoms in total. The first-order chi connectivity index (χ1) is 18.1. The highest BCUT2D eigenvalue weighted by Gasteiger charge is 2.35. The molecule has 0 amide bonds. The van der Waals surface area contributed by atoms with Gasteiger partial charge in [-0.25, -0.2) is 4.68 Å². The smallest absolute Gasteiger partial charge is 0.253 e. The first kappa shape index (κ1) is 26.5. The normalized spacial score (nSPS) is 17.0. The monoisotopic (exact) mass is 534 g/mol. The van der Waals surface area contributed by atoms with E-state index < -0.39 is 6.04 Å². The van der Waals surface area contributed by atoms with Crippen LogP contribution in [0, 0.1) is 13.8 Å². The fourth-order valence-corrected chi connectivity index (χ4v) is 5.51. The number of halogens is 1. The van der Waals surface area contributed by atoms with Crippen LogP contribution in [-0.2, 0) is 16.8 Å². The van der Waals surface area contributed by atoms with Crippen LogP contribution in [0.2, 0.25) is 5.02 Å². The Morgan fingerprint density at radius 1 is 1.18 bits per heavy atom. The molecule has 2 aromatic carbocycles. The number of tetrazole rings is 1. The van der Waals surface area contributed by atoms with E-state index in [-0.39, 0.29) is 17.2 Å². The van der Waals surface area contributed by atoms with Gasteiger partial charge in [0, 0.05) is 30.3 Å². The van der Waals surface area contributed by atoms with Crippen molar-refractivity contribution in [2.45, 2.75) is 71.7 Å². The van der Waals surface area contributed by atoms with E-state index >= 15 is 0 Å². The number of hydrogen-bond donors (Lipinski definition) is 1. The molecule has 0 bridgehead atoms. The number of rotatable bonds is 7. The molecule has 1 aliphatic heterocycles. The minimum Gasteiger partial charge on any atom is -0.377 e. The van der Waals surface area contributed by atoms with E-state index in [2.05, 4.69) is 65.2 Å². The van der Waals surface area contributed by atoms with Crippen molar-refractivity contribution >= 4 is 22.5 Å². The standard InChI is InChI=1S/C29H35ClN6O2/c1-18-13-19(2)25-21(14-18)15-24(28(37)31-25)26(27-32-33-34-36(27)29(3,4)5)35(17-23-7-6-12-38-23)16-20-8-10-22(30)11-9-20/h8-11,13-15,23,26H,6-7,12,16-17H2,1-5H3,(H,31,37)/t23-,26-/m1/s1. The minimum atomic E-state index is -0.502. The molecule has 0 radical (unpaired) electrons. The van der Waals surface area contributed by atoms with Crippen molar-refractivity contribution in [3.63, 3.8) is 0 Å². The Morgan fingerprint density at radius 2 is 1.95 bits per heavy atom. The second-order valence-corrected chi connectivity index (χ2v) is 11.7. The van der Waals surface area contributed by atoms with Gasteiger partial charge in [-0.3, -0.25) is 9.69 Å². The molecule has 2 atom stereocenters. The lowest BCUT2D eigenvalue weighted by Crippen LogP contribution is -2.40. The zero-order valence-corrected chi connectivity index (χ0v) is 23.4. The average molecular weight is 535 g/mol. The number of pyridine rings is 1. The van der Waals surface area contributed by atoms with Gasteiger partial charge in [0.2, 0.25) is 0 Å². The maximum Gasteiger partial charge on any atom is 0.253 e. The predicted molar refractivity (Wildman–Crippen MR) is 150 cm³/mol. The molecule has 9 heteroatoms. The van der Waals surface area contributed by atoms with Gasteiger partial charge in [-0.05, 0) is 98.7 Å². The lowest BCUT2D eigenvalue weighted by atomic mass is 9.98. The van der Waals surface area contributed by atoms with Gasteiger partial charge in [0.25, 0.3) is 5.56 Å². The Labute approximate surface area is 228 Å². The number of aryl methyl sites for hydroxylation is 2. The number of benzene rings is 2. The molecule has 4 aromatic rings. The zero-order valence-electron chi connectivity index (χ0n) is 22.7. The third-order valence-electron chi connectivity index (χ3n) is 7.12. The third-order valence-corrected chi connectivity index (χ3v) is 7.37. The van der Waals surface area contributed by atoms with E-state index in [4.69, 9.17) is 16.3 Å². The van der Waals surface area contributed by atoms with Crippen LogP contribution in [0.4, 0.5) is 0 Å². The highest BCUT2D eigenvalue weighted by Crippen LogP contribution is 2.32. The SMILES string of the molecule is Cc1cc(C)c2[nH]c(=O)c([C@H](c3nnnn3C(C)(C)C)N(Cc3ccc(Cl)cc3)C[C@H]3CCCO3)cc2c1. The number of nitrogens with zero attached hydrogens (tertiary/aromatic N) is 5. The van der Waals surface area contributed by atoms with E-state index in [1.165, 1.54) is 0 Å². The van der Waals surface area contributed by atoms with Gasteiger partial charge in [-0.15, -0.1) is 5.10 Å². The first-order valence-electron chi connectivity index (χ1n) is 13.1. The molecule has 1 N–H and O–H groups in total. The summed E-state index contributed by atoms with van der Waals surface area (Å²) in [6.07, 6.45) is 2.06. The maximum absolute atomic E-state index is 13.8. The Morgan fingerprint density at radius 3 is 2.63 bits per heavy atom. The van der Waals surface area contributed by atoms with Crippen molar-refractivity contribution in [3.8, 4) is 0 Å². The maximum atomic E-state index is 13.8. The van der Waals surface area contributed by atoms with Gasteiger partial charge in [0.15, 0.2) is 5.82 Å². The Kier molecular flexibility index (Phi) is 7.40. The first-order valence-corrected chi connectivity index (χ1v) is 13.5. The highest BCUT2D eigenvalue weighted by atomic mass is 35.5. The van der Waals surface area contributed by atoms with Crippen molar-refractivity contribution in [1.82, 2.24) is 30.1 Å². The molecule has 2 aromatic heterocycles. The van der Waals surface area contributed by atoms with Gasteiger partial charge in [0.05, 0.1) is 17.2 Å². The number of aromatic amines is 1. The molecule has 1 fully saturated rings. The summed E-state index contributed by atoms with van der Waals surface area (Å²) in [4.78, 5) is 19.2. The summed E-state index contributed by atoms with van der Waals surface area (Å²) in [5, 5.41) is 14.6. The lowest BCUT2D eigenvalue weighted by Gasteiger charge is -2.34. The Balaban J connectivity index is 1.71. The average Bonchev–Trinajstić information content (AvgIpc) is 3.54. The van der Waals surface area contributed by atoms with Gasteiger partial charge in [-0.2, -0.15) is 0 Å². The number of ether oxygens (including phenoxy) is 1. The molecule has 3 heterocycles. The number of aromatic nitrogens is 5. The van der Waals surface area contributed by atoms with Crippen LogP contribution in [0.3, 0.4) is 0 Å². The summed E-state index contributed by atoms with van der Waals surface area (Å²) >= 11 is 6.19. The summed E-state index contributed by atoms with van der Waals surface area (Å²) in [6.45, 7) is 12.2. The van der Waals surface area contributed by atoms with Gasteiger partial charge in [0.1, 0.15) is 6.04 Å². The minimum absolute atomic E-state index is 0.0628. The fourth-order valence-electron chi connectivity index (χ4n) is 5.38. The number of fused-ring (bicyclic) bond motifs is 1. The summed E-state index contributed by atoms with van der Waals surface area (Å²) in [6, 6.07) is 13.5. The molecule has 1 saturated heterocycles. The molecule has 1 aliphatic rings. The van der Waals surface area contributed by atoms with Crippen molar-refractivity contribution in [1.29, 1.82) is 0 Å². The highest BCUT2D eigenvalue weighted by molar-refractivity contribution is 6.30. The third kappa shape index (κ3) is 5.53. The van der Waals surface area contributed by atoms with Crippen LogP contribution in [0.1, 0.15) is 67.7 Å². The predicted octanol–water partition coefficient (Wildman–Crippen LogP) is 5.31. The number of hydrogen-bond acceptors (Lipinski definition) is 6. The molecular weight excluding hydrogens is 500 g/mol. The van der Waals surface area contributed by atoms with Gasteiger partial charge < -0.3 is 9.72 Å². The molecule has 200 valence electrons. The lowest BCUT2D eigenvalue weighted by molar-refractivity contribution is 0.0564. The van der Waals surface area contributed by atoms with E-state index in [1.54, 1.807) is 0 Å². The largest absolute Gasteiger partial charge is 0.377 e. The van der Waals surface area contributed by atoms with E-state index in [0.29, 0.717) is 29.5 Å². The van der Waals surface area contributed by atoms with Crippen LogP contribution < -0.4 is 5.56 Å². The molecule has 0 spiro atoms. The molecule has 0 saturated carbocycles.